The van der Waals surface area contributed by atoms with Crippen molar-refractivity contribution in [3.8, 4) is 39.3 Å². The number of aromatic hydroxyl groups is 1. The Labute approximate surface area is 178 Å². The summed E-state index contributed by atoms with van der Waals surface area (Å²) in [6.45, 7) is 0.155. The molecule has 3 aromatic carbocycles. The van der Waals surface area contributed by atoms with Crippen molar-refractivity contribution in [1.29, 1.82) is 0 Å². The number of fused-ring (bicyclic) bond motifs is 1. The number of nitrogens with zero attached hydrogens (tertiary/aromatic N) is 2. The average Bonchev–Trinajstić information content (AvgIpc) is 3.21. The highest BCUT2D eigenvalue weighted by Crippen LogP contribution is 2.34. The number of aromatic amines is 1. The summed E-state index contributed by atoms with van der Waals surface area (Å²) < 4.78 is 1.41. The molecule has 0 radical (unpaired) electrons. The molecule has 31 heavy (non-hydrogen) atoms. The predicted molar refractivity (Wildman–Crippen MR) is 122 cm³/mol. The molecular weight excluding hydrogens is 388 g/mol. The number of rotatable bonds is 4. The van der Waals surface area contributed by atoms with Gasteiger partial charge in [0.05, 0.1) is 11.1 Å². The Morgan fingerprint density at radius 1 is 0.806 bits per heavy atom. The topological polar surface area (TPSA) is 96.4 Å². The lowest BCUT2D eigenvalue weighted by Gasteiger charge is -2.10. The zero-order valence-corrected chi connectivity index (χ0v) is 16.6. The number of phenols is 1. The van der Waals surface area contributed by atoms with Crippen LogP contribution in [0, 0.1) is 0 Å². The van der Waals surface area contributed by atoms with Crippen LogP contribution < -0.4 is 11.3 Å². The van der Waals surface area contributed by atoms with Crippen molar-refractivity contribution in [3.63, 3.8) is 0 Å². The number of nitrogens with two attached hydrogens (primary N) is 1. The van der Waals surface area contributed by atoms with Crippen LogP contribution in [0.4, 0.5) is 0 Å². The van der Waals surface area contributed by atoms with E-state index in [1.165, 1.54) is 4.52 Å². The van der Waals surface area contributed by atoms with E-state index in [9.17, 15) is 9.90 Å². The van der Waals surface area contributed by atoms with E-state index < -0.39 is 0 Å². The van der Waals surface area contributed by atoms with Gasteiger partial charge in [-0.2, -0.15) is 9.61 Å². The molecule has 0 saturated carbocycles. The molecule has 152 valence electrons. The van der Waals surface area contributed by atoms with Crippen molar-refractivity contribution in [2.75, 3.05) is 0 Å². The largest absolute Gasteiger partial charge is 0.508 e. The first kappa shape index (κ1) is 18.8. The van der Waals surface area contributed by atoms with Gasteiger partial charge in [0.25, 0.3) is 5.56 Å². The van der Waals surface area contributed by atoms with Crippen molar-refractivity contribution in [2.45, 2.75) is 6.54 Å². The zero-order valence-electron chi connectivity index (χ0n) is 16.6. The summed E-state index contributed by atoms with van der Waals surface area (Å²) in [5.41, 5.74) is 11.5. The van der Waals surface area contributed by atoms with Crippen molar-refractivity contribution in [2.24, 2.45) is 5.73 Å². The van der Waals surface area contributed by atoms with Gasteiger partial charge in [0.1, 0.15) is 17.1 Å². The Morgan fingerprint density at radius 2 is 1.39 bits per heavy atom. The second kappa shape index (κ2) is 7.59. The molecule has 0 saturated heterocycles. The van der Waals surface area contributed by atoms with E-state index in [0.717, 1.165) is 16.7 Å². The van der Waals surface area contributed by atoms with Gasteiger partial charge in [-0.1, -0.05) is 72.8 Å². The van der Waals surface area contributed by atoms with Gasteiger partial charge < -0.3 is 15.8 Å². The van der Waals surface area contributed by atoms with Crippen LogP contribution in [0.15, 0.2) is 89.7 Å². The monoisotopic (exact) mass is 408 g/mol. The van der Waals surface area contributed by atoms with Crippen LogP contribution in [-0.2, 0) is 6.54 Å². The van der Waals surface area contributed by atoms with Gasteiger partial charge in [0.15, 0.2) is 0 Å². The highest BCUT2D eigenvalue weighted by Gasteiger charge is 2.22. The molecule has 0 unspecified atom stereocenters. The first-order valence-electron chi connectivity index (χ1n) is 9.95. The van der Waals surface area contributed by atoms with E-state index in [1.54, 1.807) is 24.3 Å². The lowest BCUT2D eigenvalue weighted by atomic mass is 10.0. The summed E-state index contributed by atoms with van der Waals surface area (Å²) in [6, 6.07) is 26.2. The molecule has 0 fully saturated rings. The van der Waals surface area contributed by atoms with Gasteiger partial charge in [0, 0.05) is 17.8 Å². The zero-order chi connectivity index (χ0) is 21.4. The normalized spacial score (nSPS) is 11.1. The van der Waals surface area contributed by atoms with Crippen LogP contribution in [0.2, 0.25) is 0 Å². The maximum atomic E-state index is 13.6. The van der Waals surface area contributed by atoms with Gasteiger partial charge in [-0.3, -0.25) is 4.79 Å². The molecule has 0 amide bonds. The number of phenolic OH excluding ortho intramolecular Hbond substituents is 1. The highest BCUT2D eigenvalue weighted by molar-refractivity contribution is 5.91. The quantitative estimate of drug-likeness (QED) is 0.415. The fourth-order valence-electron chi connectivity index (χ4n) is 3.88. The van der Waals surface area contributed by atoms with Crippen LogP contribution in [0.3, 0.4) is 0 Å². The molecule has 5 aromatic rings. The van der Waals surface area contributed by atoms with Crippen molar-refractivity contribution in [1.82, 2.24) is 14.6 Å². The minimum absolute atomic E-state index is 0.132. The third kappa shape index (κ3) is 3.19. The molecule has 6 nitrogen and oxygen atoms in total. The van der Waals surface area contributed by atoms with E-state index in [2.05, 4.69) is 4.98 Å². The lowest BCUT2D eigenvalue weighted by molar-refractivity contribution is 0.475. The molecule has 0 aliphatic heterocycles. The third-order valence-electron chi connectivity index (χ3n) is 5.33. The Morgan fingerprint density at radius 3 is 2.00 bits per heavy atom. The molecule has 6 heteroatoms. The third-order valence-corrected chi connectivity index (χ3v) is 5.33. The van der Waals surface area contributed by atoms with Gasteiger partial charge >= 0.3 is 0 Å². The van der Waals surface area contributed by atoms with E-state index in [0.29, 0.717) is 28.2 Å². The van der Waals surface area contributed by atoms with Gasteiger partial charge in [-0.15, -0.1) is 0 Å². The molecule has 2 aromatic heterocycles. The van der Waals surface area contributed by atoms with E-state index in [-0.39, 0.29) is 17.9 Å². The molecule has 5 rings (SSSR count). The molecule has 0 aliphatic carbocycles. The minimum atomic E-state index is -0.265. The number of H-pyrrole nitrogens is 1. The van der Waals surface area contributed by atoms with Gasteiger partial charge in [0.2, 0.25) is 0 Å². The number of hydrogen-bond donors (Lipinski definition) is 3. The van der Waals surface area contributed by atoms with Gasteiger partial charge in [-0.05, 0) is 23.3 Å². The standard InChI is InChI=1S/C25H20N4O2/c26-15-20-21(17-11-13-19(30)14-12-17)25(31)29-24(27-20)22(16-7-3-1-4-8-16)23(28-29)18-9-5-2-6-10-18/h1-14,27,30H,15,26H2. The maximum Gasteiger partial charge on any atom is 0.282 e. The highest BCUT2D eigenvalue weighted by atomic mass is 16.3. The van der Waals surface area contributed by atoms with Crippen LogP contribution in [-0.4, -0.2) is 19.7 Å². The SMILES string of the molecule is NCc1[nH]c2c(-c3ccccc3)c(-c3ccccc3)nn2c(=O)c1-c1ccc(O)cc1. The van der Waals surface area contributed by atoms with Crippen LogP contribution in [0.25, 0.3) is 39.2 Å². The maximum absolute atomic E-state index is 13.6. The number of benzene rings is 3. The Kier molecular flexibility index (Phi) is 4.61. The van der Waals surface area contributed by atoms with Gasteiger partial charge in [-0.25, -0.2) is 0 Å². The minimum Gasteiger partial charge on any atom is -0.508 e. The molecular formula is C25H20N4O2. The fraction of sp³-hybridized carbons (Fsp3) is 0.0400. The number of aromatic nitrogens is 3. The Balaban J connectivity index is 1.88. The fourth-order valence-corrected chi connectivity index (χ4v) is 3.88. The Bertz CT molecular complexity index is 1420. The predicted octanol–water partition coefficient (Wildman–Crippen LogP) is 4.19. The molecule has 0 spiro atoms. The summed E-state index contributed by atoms with van der Waals surface area (Å²) in [4.78, 5) is 17.0. The number of hydrogen-bond acceptors (Lipinski definition) is 4. The first-order chi connectivity index (χ1) is 15.2. The van der Waals surface area contributed by atoms with E-state index in [1.807, 2.05) is 60.7 Å². The summed E-state index contributed by atoms with van der Waals surface area (Å²) in [7, 11) is 0. The van der Waals surface area contributed by atoms with Crippen LogP contribution in [0.5, 0.6) is 5.75 Å². The first-order valence-corrected chi connectivity index (χ1v) is 9.95. The molecule has 0 atom stereocenters. The number of nitrogens with one attached hydrogen (secondary N) is 1. The van der Waals surface area contributed by atoms with E-state index >= 15 is 0 Å². The summed E-state index contributed by atoms with van der Waals surface area (Å²) in [6.07, 6.45) is 0. The summed E-state index contributed by atoms with van der Waals surface area (Å²) in [5, 5.41) is 14.4. The smallest absolute Gasteiger partial charge is 0.282 e. The molecule has 2 heterocycles. The molecule has 0 bridgehead atoms. The van der Waals surface area contributed by atoms with Crippen LogP contribution in [0.1, 0.15) is 5.69 Å². The van der Waals surface area contributed by atoms with E-state index in [4.69, 9.17) is 10.8 Å². The van der Waals surface area contributed by atoms with Crippen molar-refractivity contribution in [3.05, 3.63) is 101 Å². The average molecular weight is 408 g/mol. The summed E-state index contributed by atoms with van der Waals surface area (Å²) in [5.74, 6) is 0.132. The second-order valence-corrected chi connectivity index (χ2v) is 7.25. The van der Waals surface area contributed by atoms with Crippen LogP contribution >= 0.6 is 0 Å². The molecule has 0 aliphatic rings. The molecule has 4 N–H and O–H groups in total. The second-order valence-electron chi connectivity index (χ2n) is 7.25. The van der Waals surface area contributed by atoms with Crippen molar-refractivity contribution < 1.29 is 5.11 Å². The summed E-state index contributed by atoms with van der Waals surface area (Å²) >= 11 is 0. The lowest BCUT2D eigenvalue weighted by Crippen LogP contribution is -2.21. The Hall–Kier alpha value is -4.16. The van der Waals surface area contributed by atoms with Crippen molar-refractivity contribution >= 4 is 5.65 Å².